The van der Waals surface area contributed by atoms with Crippen molar-refractivity contribution in [1.82, 2.24) is 4.98 Å². The van der Waals surface area contributed by atoms with Gasteiger partial charge in [0.15, 0.2) is 0 Å². The Morgan fingerprint density at radius 1 is 1.31 bits per heavy atom. The Kier molecular flexibility index (Phi) is 7.81. The van der Waals surface area contributed by atoms with Gasteiger partial charge < -0.3 is 23.9 Å². The van der Waals surface area contributed by atoms with Crippen LogP contribution in [0.1, 0.15) is 62.9 Å². The fraction of sp³-hybridized carbons (Fsp3) is 0.600. The van der Waals surface area contributed by atoms with Gasteiger partial charge in [-0.15, -0.1) is 0 Å². The monoisotopic (exact) mass is 442 g/mol. The predicted octanol–water partition coefficient (Wildman–Crippen LogP) is 4.53. The molecule has 0 saturated heterocycles. The van der Waals surface area contributed by atoms with E-state index in [1.807, 2.05) is 19.9 Å². The molecule has 2 unspecified atom stereocenters. The van der Waals surface area contributed by atoms with E-state index in [0.29, 0.717) is 50.8 Å². The Morgan fingerprint density at radius 2 is 2.09 bits per heavy atom. The van der Waals surface area contributed by atoms with Crippen molar-refractivity contribution in [3.63, 3.8) is 0 Å². The van der Waals surface area contributed by atoms with Crippen molar-refractivity contribution in [1.29, 1.82) is 5.26 Å². The van der Waals surface area contributed by atoms with Crippen molar-refractivity contribution in [2.45, 2.75) is 59.5 Å². The molecule has 1 aromatic heterocycles. The third-order valence-corrected chi connectivity index (χ3v) is 6.46. The first-order valence-corrected chi connectivity index (χ1v) is 11.5. The fourth-order valence-corrected chi connectivity index (χ4v) is 4.62. The molecule has 7 heteroatoms. The van der Waals surface area contributed by atoms with E-state index >= 15 is 0 Å². The average Bonchev–Trinajstić information content (AvgIpc) is 3.19. The molecule has 0 bridgehead atoms. The number of benzene rings is 1. The largest absolute Gasteiger partial charge is 0.491 e. The van der Waals surface area contributed by atoms with Crippen LogP contribution >= 0.6 is 0 Å². The lowest BCUT2D eigenvalue weighted by atomic mass is 9.77. The van der Waals surface area contributed by atoms with Gasteiger partial charge >= 0.3 is 5.97 Å². The van der Waals surface area contributed by atoms with Crippen LogP contribution in [0.2, 0.25) is 0 Å². The van der Waals surface area contributed by atoms with E-state index in [4.69, 9.17) is 18.9 Å². The molecule has 174 valence electrons. The average molecular weight is 443 g/mol. The van der Waals surface area contributed by atoms with Gasteiger partial charge in [-0.05, 0) is 44.7 Å². The standard InChI is InChI=1S/C25H34N2O5/c1-6-16(4)25(14-21(28)30-8-3)24-19(9-10-32-25)22-18(15-26)13-20(17(5)23(22)27-24)31-12-11-29-7-2/h13,16,27H,6-12,14H2,1-5H3. The molecule has 1 aromatic carbocycles. The zero-order valence-electron chi connectivity index (χ0n) is 19.8. The Labute approximate surface area is 190 Å². The maximum absolute atomic E-state index is 12.6. The molecule has 2 heterocycles. The Morgan fingerprint density at radius 3 is 2.75 bits per heavy atom. The number of ether oxygens (including phenoxy) is 4. The second-order valence-electron chi connectivity index (χ2n) is 8.21. The summed E-state index contributed by atoms with van der Waals surface area (Å²) in [5.41, 5.74) is 3.47. The zero-order chi connectivity index (χ0) is 23.3. The molecule has 7 nitrogen and oxygen atoms in total. The Balaban J connectivity index is 2.15. The van der Waals surface area contributed by atoms with Crippen molar-refractivity contribution in [2.24, 2.45) is 5.92 Å². The molecule has 32 heavy (non-hydrogen) atoms. The van der Waals surface area contributed by atoms with Crippen LogP contribution in [0.3, 0.4) is 0 Å². The lowest BCUT2D eigenvalue weighted by Gasteiger charge is -2.41. The third-order valence-electron chi connectivity index (χ3n) is 6.46. The van der Waals surface area contributed by atoms with Crippen LogP contribution < -0.4 is 4.74 Å². The fourth-order valence-electron chi connectivity index (χ4n) is 4.62. The molecular formula is C25H34N2O5. The number of esters is 1. The molecule has 1 N–H and O–H groups in total. The quantitative estimate of drug-likeness (QED) is 0.429. The van der Waals surface area contributed by atoms with Gasteiger partial charge in [0.1, 0.15) is 18.0 Å². The van der Waals surface area contributed by atoms with Crippen molar-refractivity contribution in [2.75, 3.05) is 33.0 Å². The van der Waals surface area contributed by atoms with Gasteiger partial charge in [-0.25, -0.2) is 0 Å². The van der Waals surface area contributed by atoms with Gasteiger partial charge in [-0.2, -0.15) is 5.26 Å². The number of carbonyl (C=O) groups excluding carboxylic acids is 1. The van der Waals surface area contributed by atoms with Crippen LogP contribution in [-0.4, -0.2) is 44.0 Å². The van der Waals surface area contributed by atoms with Gasteiger partial charge in [0.05, 0.1) is 49.1 Å². The topological polar surface area (TPSA) is 93.6 Å². The van der Waals surface area contributed by atoms with Crippen molar-refractivity contribution in [3.8, 4) is 11.8 Å². The minimum atomic E-state index is -0.817. The lowest BCUT2D eigenvalue weighted by Crippen LogP contribution is -2.43. The number of aromatic nitrogens is 1. The number of carbonyl (C=O) groups is 1. The summed E-state index contributed by atoms with van der Waals surface area (Å²) < 4.78 is 23.0. The summed E-state index contributed by atoms with van der Waals surface area (Å²) >= 11 is 0. The molecule has 0 radical (unpaired) electrons. The molecule has 0 amide bonds. The van der Waals surface area contributed by atoms with Crippen LogP contribution in [0.15, 0.2) is 6.07 Å². The van der Waals surface area contributed by atoms with Crippen molar-refractivity contribution < 1.29 is 23.7 Å². The van der Waals surface area contributed by atoms with Gasteiger partial charge in [-0.1, -0.05) is 20.3 Å². The third kappa shape index (κ3) is 4.35. The maximum atomic E-state index is 12.6. The molecular weight excluding hydrogens is 408 g/mol. The summed E-state index contributed by atoms with van der Waals surface area (Å²) in [7, 11) is 0. The molecule has 0 aliphatic carbocycles. The first-order chi connectivity index (χ1) is 15.4. The molecule has 3 rings (SSSR count). The number of hydrogen-bond acceptors (Lipinski definition) is 6. The van der Waals surface area contributed by atoms with Crippen LogP contribution in [-0.2, 0) is 31.0 Å². The second kappa shape index (κ2) is 10.4. The molecule has 0 saturated carbocycles. The molecule has 2 aromatic rings. The summed E-state index contributed by atoms with van der Waals surface area (Å²) in [6, 6.07) is 4.15. The number of nitriles is 1. The smallest absolute Gasteiger partial charge is 0.309 e. The molecule has 1 aliphatic rings. The van der Waals surface area contributed by atoms with E-state index in [0.717, 1.165) is 34.1 Å². The lowest BCUT2D eigenvalue weighted by molar-refractivity contribution is -0.160. The highest BCUT2D eigenvalue weighted by Gasteiger charge is 2.46. The maximum Gasteiger partial charge on any atom is 0.309 e. The van der Waals surface area contributed by atoms with Crippen LogP contribution in [0.4, 0.5) is 0 Å². The minimum Gasteiger partial charge on any atom is -0.491 e. The Hall–Kier alpha value is -2.56. The van der Waals surface area contributed by atoms with Gasteiger partial charge in [0, 0.05) is 17.6 Å². The highest BCUT2D eigenvalue weighted by molar-refractivity contribution is 5.94. The van der Waals surface area contributed by atoms with Crippen molar-refractivity contribution in [3.05, 3.63) is 28.5 Å². The van der Waals surface area contributed by atoms with Crippen molar-refractivity contribution >= 4 is 16.9 Å². The predicted molar refractivity (Wildman–Crippen MR) is 122 cm³/mol. The van der Waals surface area contributed by atoms with Crippen LogP contribution in [0.5, 0.6) is 5.75 Å². The van der Waals surface area contributed by atoms with Crippen LogP contribution in [0, 0.1) is 24.2 Å². The number of aryl methyl sites for hydroxylation is 1. The second-order valence-corrected chi connectivity index (χ2v) is 8.21. The first-order valence-electron chi connectivity index (χ1n) is 11.5. The number of hydrogen-bond donors (Lipinski definition) is 1. The molecule has 0 spiro atoms. The number of fused-ring (bicyclic) bond motifs is 3. The van der Waals surface area contributed by atoms with E-state index in [9.17, 15) is 10.1 Å². The molecule has 2 atom stereocenters. The van der Waals surface area contributed by atoms with E-state index in [2.05, 4.69) is 24.9 Å². The summed E-state index contributed by atoms with van der Waals surface area (Å²) in [5.74, 6) is 0.455. The zero-order valence-corrected chi connectivity index (χ0v) is 19.8. The van der Waals surface area contributed by atoms with Gasteiger partial charge in [0.2, 0.25) is 0 Å². The summed E-state index contributed by atoms with van der Waals surface area (Å²) in [4.78, 5) is 16.1. The number of aromatic amines is 1. The summed E-state index contributed by atoms with van der Waals surface area (Å²) in [6.07, 6.45) is 1.65. The minimum absolute atomic E-state index is 0.0757. The van der Waals surface area contributed by atoms with Crippen LogP contribution in [0.25, 0.3) is 10.9 Å². The number of H-pyrrole nitrogens is 1. The van der Waals surface area contributed by atoms with E-state index < -0.39 is 5.60 Å². The van der Waals surface area contributed by atoms with Gasteiger partial charge in [-0.3, -0.25) is 4.79 Å². The molecule has 0 fully saturated rings. The number of rotatable bonds is 10. The highest BCUT2D eigenvalue weighted by Crippen LogP contribution is 2.47. The van der Waals surface area contributed by atoms with E-state index in [1.165, 1.54) is 0 Å². The SMILES string of the molecule is CCOCCOc1cc(C#N)c2c3c([nH]c2c1C)C(CC(=O)OCC)(C(C)CC)OCC3. The first kappa shape index (κ1) is 24.1. The number of nitrogens with zero attached hydrogens (tertiary/aromatic N) is 1. The molecule has 1 aliphatic heterocycles. The number of nitrogens with one attached hydrogen (secondary N) is 1. The van der Waals surface area contributed by atoms with E-state index in [-0.39, 0.29) is 18.3 Å². The van der Waals surface area contributed by atoms with E-state index in [1.54, 1.807) is 6.92 Å². The Bertz CT molecular complexity index is 1010. The summed E-state index contributed by atoms with van der Waals surface area (Å²) in [5, 5.41) is 10.8. The van der Waals surface area contributed by atoms with Gasteiger partial charge in [0.25, 0.3) is 0 Å². The summed E-state index contributed by atoms with van der Waals surface area (Å²) in [6.45, 7) is 12.3. The highest BCUT2D eigenvalue weighted by atomic mass is 16.5. The normalized spacial score (nSPS) is 18.8.